The first-order chi connectivity index (χ1) is 9.09. The standard InChI is InChI=1S/C15H16FNOS/c1-11(15(17)12-5-3-2-4-6-12)19(18)14-9-7-13(16)8-10-14/h2-11,15H,17H2,1H3. The summed E-state index contributed by atoms with van der Waals surface area (Å²) in [7, 11) is -1.26. The highest BCUT2D eigenvalue weighted by molar-refractivity contribution is 7.85. The molecule has 4 heteroatoms. The van der Waals surface area contributed by atoms with Crippen LogP contribution in [-0.4, -0.2) is 9.46 Å². The summed E-state index contributed by atoms with van der Waals surface area (Å²) >= 11 is 0. The van der Waals surface area contributed by atoms with E-state index in [1.807, 2.05) is 37.3 Å². The van der Waals surface area contributed by atoms with Crippen molar-refractivity contribution in [2.75, 3.05) is 0 Å². The number of hydrogen-bond acceptors (Lipinski definition) is 2. The highest BCUT2D eigenvalue weighted by atomic mass is 32.2. The lowest BCUT2D eigenvalue weighted by Crippen LogP contribution is -2.27. The van der Waals surface area contributed by atoms with Crippen LogP contribution in [0, 0.1) is 5.82 Å². The van der Waals surface area contributed by atoms with Gasteiger partial charge in [-0.2, -0.15) is 0 Å². The SMILES string of the molecule is CC(C(N)c1ccccc1)S(=O)c1ccc(F)cc1. The fraction of sp³-hybridized carbons (Fsp3) is 0.200. The summed E-state index contributed by atoms with van der Waals surface area (Å²) < 4.78 is 25.2. The zero-order valence-electron chi connectivity index (χ0n) is 10.6. The second-order valence-electron chi connectivity index (χ2n) is 4.39. The molecule has 0 fully saturated rings. The molecule has 2 N–H and O–H groups in total. The predicted octanol–water partition coefficient (Wildman–Crippen LogP) is 3.02. The molecule has 0 aromatic heterocycles. The second-order valence-corrected chi connectivity index (χ2v) is 6.20. The van der Waals surface area contributed by atoms with E-state index >= 15 is 0 Å². The molecule has 3 unspecified atom stereocenters. The second kappa shape index (κ2) is 6.08. The summed E-state index contributed by atoms with van der Waals surface area (Å²) in [5.74, 6) is -0.333. The van der Waals surface area contributed by atoms with Gasteiger partial charge in [-0.25, -0.2) is 4.39 Å². The van der Waals surface area contributed by atoms with E-state index in [-0.39, 0.29) is 17.1 Å². The molecule has 0 spiro atoms. The summed E-state index contributed by atoms with van der Waals surface area (Å²) in [5.41, 5.74) is 7.09. The molecule has 2 aromatic rings. The van der Waals surface area contributed by atoms with E-state index in [2.05, 4.69) is 0 Å². The topological polar surface area (TPSA) is 43.1 Å². The van der Waals surface area contributed by atoms with E-state index in [4.69, 9.17) is 5.73 Å². The van der Waals surface area contributed by atoms with Crippen LogP contribution in [0.1, 0.15) is 18.5 Å². The highest BCUT2D eigenvalue weighted by Gasteiger charge is 2.21. The van der Waals surface area contributed by atoms with Crippen molar-refractivity contribution in [2.45, 2.75) is 23.1 Å². The summed E-state index contributed by atoms with van der Waals surface area (Å²) in [6, 6.07) is 15.0. The molecule has 0 aliphatic heterocycles. The predicted molar refractivity (Wildman–Crippen MR) is 75.6 cm³/mol. The first kappa shape index (κ1) is 13.9. The van der Waals surface area contributed by atoms with E-state index in [0.717, 1.165) is 5.56 Å². The number of rotatable bonds is 4. The Labute approximate surface area is 114 Å². The van der Waals surface area contributed by atoms with Gasteiger partial charge in [0.2, 0.25) is 0 Å². The summed E-state index contributed by atoms with van der Waals surface area (Å²) in [6.07, 6.45) is 0. The average Bonchev–Trinajstić information content (AvgIpc) is 2.46. The Morgan fingerprint density at radius 1 is 1.05 bits per heavy atom. The minimum Gasteiger partial charge on any atom is -0.323 e. The van der Waals surface area contributed by atoms with Gasteiger partial charge in [0.15, 0.2) is 0 Å². The first-order valence-corrected chi connectivity index (χ1v) is 7.27. The van der Waals surface area contributed by atoms with Crippen molar-refractivity contribution in [2.24, 2.45) is 5.73 Å². The lowest BCUT2D eigenvalue weighted by molar-refractivity contribution is 0.624. The van der Waals surface area contributed by atoms with Crippen molar-refractivity contribution < 1.29 is 8.60 Å². The fourth-order valence-electron chi connectivity index (χ4n) is 1.86. The Balaban J connectivity index is 2.17. The average molecular weight is 277 g/mol. The fourth-order valence-corrected chi connectivity index (χ4v) is 3.12. The molecule has 3 atom stereocenters. The Hall–Kier alpha value is -1.52. The maximum Gasteiger partial charge on any atom is 0.123 e. The van der Waals surface area contributed by atoms with E-state index in [1.165, 1.54) is 12.1 Å². The smallest absolute Gasteiger partial charge is 0.123 e. The molecule has 2 rings (SSSR count). The van der Waals surface area contributed by atoms with Crippen LogP contribution in [0.5, 0.6) is 0 Å². The Morgan fingerprint density at radius 2 is 1.63 bits per heavy atom. The monoisotopic (exact) mass is 277 g/mol. The van der Waals surface area contributed by atoms with Crippen LogP contribution in [0.25, 0.3) is 0 Å². The highest BCUT2D eigenvalue weighted by Crippen LogP contribution is 2.22. The van der Waals surface area contributed by atoms with Gasteiger partial charge in [-0.3, -0.25) is 4.21 Å². The van der Waals surface area contributed by atoms with Gasteiger partial charge in [-0.1, -0.05) is 30.3 Å². The lowest BCUT2D eigenvalue weighted by Gasteiger charge is -2.19. The molecule has 0 heterocycles. The molecule has 100 valence electrons. The number of benzene rings is 2. The lowest BCUT2D eigenvalue weighted by atomic mass is 10.1. The van der Waals surface area contributed by atoms with Crippen molar-refractivity contribution in [1.29, 1.82) is 0 Å². The van der Waals surface area contributed by atoms with E-state index in [1.54, 1.807) is 12.1 Å². The molecule has 2 nitrogen and oxygen atoms in total. The van der Waals surface area contributed by atoms with Gasteiger partial charge in [0.1, 0.15) is 5.82 Å². The van der Waals surface area contributed by atoms with Gasteiger partial charge in [0.25, 0.3) is 0 Å². The molecule has 0 saturated heterocycles. The van der Waals surface area contributed by atoms with Crippen molar-refractivity contribution in [3.05, 3.63) is 66.0 Å². The van der Waals surface area contributed by atoms with E-state index in [9.17, 15) is 8.60 Å². The van der Waals surface area contributed by atoms with E-state index < -0.39 is 10.8 Å². The van der Waals surface area contributed by atoms with Gasteiger partial charge in [-0.05, 0) is 36.8 Å². The molecule has 0 saturated carbocycles. The van der Waals surface area contributed by atoms with Crippen LogP contribution in [0.15, 0.2) is 59.5 Å². The molecule has 0 bridgehead atoms. The van der Waals surface area contributed by atoms with Gasteiger partial charge >= 0.3 is 0 Å². The molecule has 19 heavy (non-hydrogen) atoms. The molecule has 0 radical (unpaired) electrons. The van der Waals surface area contributed by atoms with Gasteiger partial charge < -0.3 is 5.73 Å². The van der Waals surface area contributed by atoms with Crippen LogP contribution in [-0.2, 0) is 10.8 Å². The number of halogens is 1. The zero-order valence-corrected chi connectivity index (χ0v) is 11.4. The van der Waals surface area contributed by atoms with Crippen LogP contribution >= 0.6 is 0 Å². The maximum atomic E-state index is 12.9. The largest absolute Gasteiger partial charge is 0.323 e. The zero-order chi connectivity index (χ0) is 13.8. The third-order valence-corrected chi connectivity index (χ3v) is 4.78. The Morgan fingerprint density at radius 3 is 2.21 bits per heavy atom. The van der Waals surface area contributed by atoms with Crippen LogP contribution in [0.3, 0.4) is 0 Å². The van der Waals surface area contributed by atoms with Crippen LogP contribution < -0.4 is 5.73 Å². The van der Waals surface area contributed by atoms with Gasteiger partial charge in [-0.15, -0.1) is 0 Å². The summed E-state index contributed by atoms with van der Waals surface area (Å²) in [5, 5.41) is -0.243. The molecular weight excluding hydrogens is 261 g/mol. The van der Waals surface area contributed by atoms with Crippen molar-refractivity contribution in [1.82, 2.24) is 0 Å². The number of nitrogens with two attached hydrogens (primary N) is 1. The maximum absolute atomic E-state index is 12.9. The minimum absolute atomic E-state index is 0.243. The molecule has 0 amide bonds. The van der Waals surface area contributed by atoms with Crippen LogP contribution in [0.2, 0.25) is 0 Å². The van der Waals surface area contributed by atoms with Crippen molar-refractivity contribution >= 4 is 10.8 Å². The molecule has 0 aliphatic rings. The molecule has 0 aliphatic carbocycles. The summed E-state index contributed by atoms with van der Waals surface area (Å²) in [4.78, 5) is 0.597. The normalized spacial score (nSPS) is 15.7. The number of hydrogen-bond donors (Lipinski definition) is 1. The van der Waals surface area contributed by atoms with Crippen molar-refractivity contribution in [3.8, 4) is 0 Å². The van der Waals surface area contributed by atoms with Crippen molar-refractivity contribution in [3.63, 3.8) is 0 Å². The first-order valence-electron chi connectivity index (χ1n) is 6.06. The third kappa shape index (κ3) is 3.28. The third-order valence-electron chi connectivity index (χ3n) is 3.07. The molecule has 2 aromatic carbocycles. The van der Waals surface area contributed by atoms with Gasteiger partial charge in [0.05, 0.1) is 16.0 Å². The minimum atomic E-state index is -1.26. The summed E-state index contributed by atoms with van der Waals surface area (Å²) in [6.45, 7) is 1.84. The van der Waals surface area contributed by atoms with Crippen LogP contribution in [0.4, 0.5) is 4.39 Å². The Kier molecular flexibility index (Phi) is 4.45. The Bertz CT molecular complexity index is 556. The van der Waals surface area contributed by atoms with E-state index in [0.29, 0.717) is 4.90 Å². The quantitative estimate of drug-likeness (QED) is 0.933. The molecular formula is C15H16FNOS. The van der Waals surface area contributed by atoms with Gasteiger partial charge in [0, 0.05) is 10.9 Å².